The lowest BCUT2D eigenvalue weighted by Crippen LogP contribution is -2.30. The third kappa shape index (κ3) is 6.10. The van der Waals surface area contributed by atoms with Gasteiger partial charge in [0.15, 0.2) is 0 Å². The number of ether oxygens (including phenoxy) is 3. The van der Waals surface area contributed by atoms with Gasteiger partial charge in [-0.3, -0.25) is 4.79 Å². The predicted molar refractivity (Wildman–Crippen MR) is 162 cm³/mol. The summed E-state index contributed by atoms with van der Waals surface area (Å²) in [6, 6.07) is 18.8. The Balaban J connectivity index is 1.21. The second-order valence-corrected chi connectivity index (χ2v) is 18.0. The molecule has 3 heterocycles. The summed E-state index contributed by atoms with van der Waals surface area (Å²) < 4.78 is 20.6. The number of primary amides is 1. The van der Waals surface area contributed by atoms with E-state index in [1.54, 1.807) is 12.3 Å². The number of hydrogen-bond donors (Lipinski definition) is 1. The second kappa shape index (κ2) is 11.3. The van der Waals surface area contributed by atoms with Crippen LogP contribution in [0, 0.1) is 0 Å². The van der Waals surface area contributed by atoms with Gasteiger partial charge >= 0.3 is 0 Å². The molecule has 4 aromatic rings. The number of carbonyl (C=O) groups excluding carboxylic acids is 1. The van der Waals surface area contributed by atoms with Crippen LogP contribution in [0.15, 0.2) is 67.0 Å². The molecular formula is C32H37N5O4Si. The maximum atomic E-state index is 12.0. The van der Waals surface area contributed by atoms with E-state index in [1.807, 2.05) is 36.4 Å². The first-order valence-corrected chi connectivity index (χ1v) is 18.2. The van der Waals surface area contributed by atoms with Crippen LogP contribution in [0.25, 0.3) is 11.3 Å². The average molecular weight is 584 g/mol. The minimum atomic E-state index is -1.19. The van der Waals surface area contributed by atoms with Crippen molar-refractivity contribution in [2.24, 2.45) is 5.73 Å². The van der Waals surface area contributed by atoms with Crippen molar-refractivity contribution in [3.8, 4) is 28.6 Å². The fourth-order valence-corrected chi connectivity index (χ4v) is 5.96. The summed E-state index contributed by atoms with van der Waals surface area (Å²) in [6.45, 7) is 8.79. The Morgan fingerprint density at radius 1 is 1.12 bits per heavy atom. The van der Waals surface area contributed by atoms with Crippen LogP contribution in [-0.2, 0) is 28.1 Å². The standard InChI is InChI=1S/C32H37N5O4Si/c1-42(2,3)16-15-39-21-37-19-26(22-7-5-4-6-8-22)35-29(37)24-17-23-18-25(9-10-27(23)40-20-24)41-28-11-14-34-31(36-28)32(12-13-32)30(33)38/h4-11,14,18-19,24H,12-13,15-17,20-21H2,1-3H3,(H2,33,38). The number of rotatable bonds is 11. The summed E-state index contributed by atoms with van der Waals surface area (Å²) >= 11 is 0. The molecule has 1 unspecified atom stereocenters. The number of amides is 1. The van der Waals surface area contributed by atoms with Crippen LogP contribution in [0.1, 0.15) is 36.0 Å². The van der Waals surface area contributed by atoms with Gasteiger partial charge in [-0.1, -0.05) is 50.0 Å². The Morgan fingerprint density at radius 3 is 2.67 bits per heavy atom. The highest BCUT2D eigenvalue weighted by Gasteiger charge is 2.53. The van der Waals surface area contributed by atoms with Crippen molar-refractivity contribution >= 4 is 14.0 Å². The van der Waals surface area contributed by atoms with Gasteiger partial charge < -0.3 is 24.5 Å². The van der Waals surface area contributed by atoms with Crippen LogP contribution < -0.4 is 15.2 Å². The van der Waals surface area contributed by atoms with E-state index in [1.165, 1.54) is 0 Å². The van der Waals surface area contributed by atoms with Crippen molar-refractivity contribution in [1.29, 1.82) is 0 Å². The van der Waals surface area contributed by atoms with Gasteiger partial charge in [-0.25, -0.2) is 9.97 Å². The summed E-state index contributed by atoms with van der Waals surface area (Å²) in [5.41, 5.74) is 7.87. The second-order valence-electron chi connectivity index (χ2n) is 12.4. The van der Waals surface area contributed by atoms with Gasteiger partial charge in [0.2, 0.25) is 11.8 Å². The van der Waals surface area contributed by atoms with Gasteiger partial charge in [0.05, 0.1) is 18.2 Å². The molecule has 2 aromatic heterocycles. The quantitative estimate of drug-likeness (QED) is 0.178. The molecule has 0 spiro atoms. The topological polar surface area (TPSA) is 114 Å². The molecule has 1 fully saturated rings. The lowest BCUT2D eigenvalue weighted by Gasteiger charge is -2.26. The zero-order chi connectivity index (χ0) is 29.3. The Bertz CT molecular complexity index is 1580. The number of carbonyl (C=O) groups is 1. The van der Waals surface area contributed by atoms with Crippen LogP contribution in [0.4, 0.5) is 0 Å². The van der Waals surface area contributed by atoms with E-state index in [-0.39, 0.29) is 5.92 Å². The molecule has 1 aliphatic heterocycles. The Morgan fingerprint density at radius 2 is 1.93 bits per heavy atom. The number of fused-ring (bicyclic) bond motifs is 1. The summed E-state index contributed by atoms with van der Waals surface area (Å²) in [5, 5.41) is 0. The third-order valence-corrected chi connectivity index (χ3v) is 9.61. The van der Waals surface area contributed by atoms with E-state index in [0.717, 1.165) is 47.5 Å². The van der Waals surface area contributed by atoms with Gasteiger partial charge in [0.25, 0.3) is 0 Å². The lowest BCUT2D eigenvalue weighted by molar-refractivity contribution is -0.120. The molecular weight excluding hydrogens is 546 g/mol. The normalized spacial score (nSPS) is 17.3. The molecule has 2 aliphatic rings. The highest BCUT2D eigenvalue weighted by atomic mass is 28.3. The molecule has 10 heteroatoms. The van der Waals surface area contributed by atoms with Crippen LogP contribution in [0.2, 0.25) is 25.7 Å². The molecule has 1 amide bonds. The lowest BCUT2D eigenvalue weighted by atomic mass is 9.96. The van der Waals surface area contributed by atoms with E-state index in [4.69, 9.17) is 24.9 Å². The minimum Gasteiger partial charge on any atom is -0.493 e. The number of nitrogens with two attached hydrogens (primary N) is 1. The largest absolute Gasteiger partial charge is 0.493 e. The molecule has 2 N–H and O–H groups in total. The monoisotopic (exact) mass is 583 g/mol. The van der Waals surface area contributed by atoms with Crippen molar-refractivity contribution in [3.05, 3.63) is 84.2 Å². The van der Waals surface area contributed by atoms with Crippen molar-refractivity contribution in [1.82, 2.24) is 19.5 Å². The molecule has 1 atom stereocenters. The summed E-state index contributed by atoms with van der Waals surface area (Å²) in [7, 11) is -1.19. The van der Waals surface area contributed by atoms with Crippen molar-refractivity contribution in [2.45, 2.75) is 63.0 Å². The number of hydrogen-bond acceptors (Lipinski definition) is 7. The molecule has 1 aliphatic carbocycles. The van der Waals surface area contributed by atoms with E-state index < -0.39 is 19.4 Å². The van der Waals surface area contributed by atoms with Crippen molar-refractivity contribution in [2.75, 3.05) is 13.2 Å². The molecule has 1 saturated carbocycles. The van der Waals surface area contributed by atoms with E-state index in [9.17, 15) is 4.79 Å². The SMILES string of the molecule is C[Si](C)(C)CCOCn1cc(-c2ccccc2)nc1C1COc2ccc(Oc3ccnc(C4(C(N)=O)CC4)n3)cc2C1. The summed E-state index contributed by atoms with van der Waals surface area (Å²) in [5.74, 6) is 2.85. The van der Waals surface area contributed by atoms with Gasteiger partial charge in [-0.2, -0.15) is 4.98 Å². The van der Waals surface area contributed by atoms with Crippen LogP contribution >= 0.6 is 0 Å². The van der Waals surface area contributed by atoms with Gasteiger partial charge in [0, 0.05) is 38.7 Å². The fraction of sp³-hybridized carbons (Fsp3) is 0.375. The first kappa shape index (κ1) is 28.1. The minimum absolute atomic E-state index is 0.0433. The number of aromatic nitrogens is 4. The Hall–Kier alpha value is -4.02. The van der Waals surface area contributed by atoms with Gasteiger partial charge in [0.1, 0.15) is 35.3 Å². The first-order valence-electron chi connectivity index (χ1n) is 14.5. The summed E-state index contributed by atoms with van der Waals surface area (Å²) in [6.07, 6.45) is 5.75. The van der Waals surface area contributed by atoms with Crippen molar-refractivity contribution in [3.63, 3.8) is 0 Å². The third-order valence-electron chi connectivity index (χ3n) is 7.91. The van der Waals surface area contributed by atoms with Crippen LogP contribution in [0.3, 0.4) is 0 Å². The maximum absolute atomic E-state index is 12.0. The molecule has 2 aromatic carbocycles. The molecule has 0 saturated heterocycles. The fourth-order valence-electron chi connectivity index (χ4n) is 5.20. The molecule has 42 heavy (non-hydrogen) atoms. The van der Waals surface area contributed by atoms with E-state index >= 15 is 0 Å². The summed E-state index contributed by atoms with van der Waals surface area (Å²) in [4.78, 5) is 25.8. The molecule has 218 valence electrons. The average Bonchev–Trinajstić information content (AvgIpc) is 3.69. The van der Waals surface area contributed by atoms with Gasteiger partial charge in [-0.15, -0.1) is 0 Å². The number of benzene rings is 2. The number of nitrogens with zero attached hydrogens (tertiary/aromatic N) is 4. The highest BCUT2D eigenvalue weighted by Crippen LogP contribution is 2.46. The Kier molecular flexibility index (Phi) is 7.59. The molecule has 9 nitrogen and oxygen atoms in total. The Labute approximate surface area is 247 Å². The van der Waals surface area contributed by atoms with E-state index in [2.05, 4.69) is 52.5 Å². The number of imidazole rings is 1. The maximum Gasteiger partial charge on any atom is 0.231 e. The highest BCUT2D eigenvalue weighted by molar-refractivity contribution is 6.76. The molecule has 6 rings (SSSR count). The van der Waals surface area contributed by atoms with Crippen molar-refractivity contribution < 1.29 is 19.0 Å². The van der Waals surface area contributed by atoms with Crippen LogP contribution in [0.5, 0.6) is 17.4 Å². The van der Waals surface area contributed by atoms with Crippen LogP contribution in [-0.4, -0.2) is 46.7 Å². The predicted octanol–water partition coefficient (Wildman–Crippen LogP) is 5.68. The first-order chi connectivity index (χ1) is 20.2. The zero-order valence-electron chi connectivity index (χ0n) is 24.4. The smallest absolute Gasteiger partial charge is 0.231 e. The molecule has 0 bridgehead atoms. The zero-order valence-corrected chi connectivity index (χ0v) is 25.4. The van der Waals surface area contributed by atoms with Gasteiger partial charge in [-0.05, 0) is 49.1 Å². The molecule has 0 radical (unpaired) electrons. The van der Waals surface area contributed by atoms with E-state index in [0.29, 0.717) is 43.6 Å².